The fraction of sp³-hybridized carbons (Fsp3) is 0.474. The van der Waals surface area contributed by atoms with Crippen LogP contribution in [0.25, 0.3) is 10.6 Å². The van der Waals surface area contributed by atoms with Gasteiger partial charge in [-0.3, -0.25) is 4.79 Å². The van der Waals surface area contributed by atoms with Crippen molar-refractivity contribution in [1.29, 1.82) is 0 Å². The number of nitrogens with one attached hydrogen (secondary N) is 1. The summed E-state index contributed by atoms with van der Waals surface area (Å²) in [4.78, 5) is 16.5. The lowest BCUT2D eigenvalue weighted by atomic mass is 9.87. The molecule has 1 saturated carbocycles. The fourth-order valence-corrected chi connectivity index (χ4v) is 4.01. The van der Waals surface area contributed by atoms with Crippen LogP contribution in [-0.2, 0) is 17.4 Å². The smallest absolute Gasteiger partial charge is 0.353 e. The monoisotopic (exact) mass is 382 g/mol. The van der Waals surface area contributed by atoms with Gasteiger partial charge in [0.2, 0.25) is 5.91 Å². The molecule has 3 rings (SSSR count). The van der Waals surface area contributed by atoms with E-state index < -0.39 is 11.7 Å². The van der Waals surface area contributed by atoms with E-state index >= 15 is 0 Å². The SMILES string of the molecule is CC1CCC(NC(=O)Cc2csc(-c3cccc(C(F)(F)F)c3)n2)CC1. The molecule has 1 heterocycles. The van der Waals surface area contributed by atoms with E-state index in [1.807, 2.05) is 0 Å². The summed E-state index contributed by atoms with van der Waals surface area (Å²) in [6.45, 7) is 2.22. The second-order valence-corrected chi connectivity index (χ2v) is 7.78. The number of hydrogen-bond acceptors (Lipinski definition) is 3. The van der Waals surface area contributed by atoms with Gasteiger partial charge in [-0.25, -0.2) is 4.98 Å². The van der Waals surface area contributed by atoms with Crippen LogP contribution in [0, 0.1) is 5.92 Å². The van der Waals surface area contributed by atoms with Crippen molar-refractivity contribution in [3.8, 4) is 10.6 Å². The second-order valence-electron chi connectivity index (χ2n) is 6.92. The summed E-state index contributed by atoms with van der Waals surface area (Å²) >= 11 is 1.25. The van der Waals surface area contributed by atoms with Gasteiger partial charge in [0.05, 0.1) is 17.7 Å². The number of thiazole rings is 1. The minimum Gasteiger partial charge on any atom is -0.353 e. The highest BCUT2D eigenvalue weighted by atomic mass is 32.1. The first kappa shape index (κ1) is 18.9. The van der Waals surface area contributed by atoms with Gasteiger partial charge in [0.25, 0.3) is 0 Å². The predicted molar refractivity (Wildman–Crippen MR) is 95.8 cm³/mol. The minimum atomic E-state index is -4.38. The Morgan fingerprint density at radius 3 is 2.69 bits per heavy atom. The highest BCUT2D eigenvalue weighted by Gasteiger charge is 2.30. The molecule has 0 bridgehead atoms. The van der Waals surface area contributed by atoms with Crippen molar-refractivity contribution < 1.29 is 18.0 Å². The first-order valence-corrected chi connectivity index (χ1v) is 9.60. The fourth-order valence-electron chi connectivity index (χ4n) is 3.20. The summed E-state index contributed by atoms with van der Waals surface area (Å²) in [5, 5.41) is 5.27. The molecule has 2 aromatic rings. The largest absolute Gasteiger partial charge is 0.416 e. The van der Waals surface area contributed by atoms with Gasteiger partial charge in [-0.2, -0.15) is 13.2 Å². The zero-order chi connectivity index (χ0) is 18.7. The van der Waals surface area contributed by atoms with E-state index in [2.05, 4.69) is 17.2 Å². The van der Waals surface area contributed by atoms with E-state index in [4.69, 9.17) is 0 Å². The summed E-state index contributed by atoms with van der Waals surface area (Å²) in [5.74, 6) is 0.641. The summed E-state index contributed by atoms with van der Waals surface area (Å²) in [7, 11) is 0. The number of rotatable bonds is 4. The van der Waals surface area contributed by atoms with Crippen molar-refractivity contribution in [2.45, 2.75) is 51.2 Å². The zero-order valence-corrected chi connectivity index (χ0v) is 15.3. The number of nitrogens with zero attached hydrogens (tertiary/aromatic N) is 1. The van der Waals surface area contributed by atoms with Crippen LogP contribution in [0.3, 0.4) is 0 Å². The Balaban J connectivity index is 1.62. The van der Waals surface area contributed by atoms with E-state index in [9.17, 15) is 18.0 Å². The molecule has 1 aromatic heterocycles. The molecule has 0 spiro atoms. The van der Waals surface area contributed by atoms with Crippen LogP contribution in [-0.4, -0.2) is 16.9 Å². The van der Waals surface area contributed by atoms with Gasteiger partial charge >= 0.3 is 6.18 Å². The maximum atomic E-state index is 12.8. The highest BCUT2D eigenvalue weighted by Crippen LogP contribution is 2.33. The van der Waals surface area contributed by atoms with Crippen molar-refractivity contribution in [2.24, 2.45) is 5.92 Å². The quantitative estimate of drug-likeness (QED) is 0.802. The molecular weight excluding hydrogens is 361 g/mol. The molecule has 0 radical (unpaired) electrons. The molecule has 1 aliphatic carbocycles. The molecule has 0 saturated heterocycles. The molecule has 0 aliphatic heterocycles. The maximum absolute atomic E-state index is 12.8. The van der Waals surface area contributed by atoms with Crippen molar-refractivity contribution >= 4 is 17.2 Å². The van der Waals surface area contributed by atoms with Gasteiger partial charge in [-0.1, -0.05) is 19.1 Å². The van der Waals surface area contributed by atoms with Gasteiger partial charge in [-0.15, -0.1) is 11.3 Å². The van der Waals surface area contributed by atoms with E-state index in [1.165, 1.54) is 17.4 Å². The number of carbonyl (C=O) groups is 1. The number of hydrogen-bond donors (Lipinski definition) is 1. The van der Waals surface area contributed by atoms with Crippen LogP contribution in [0.4, 0.5) is 13.2 Å². The lowest BCUT2D eigenvalue weighted by Crippen LogP contribution is -2.38. The van der Waals surface area contributed by atoms with Gasteiger partial charge in [0.15, 0.2) is 0 Å². The Labute approximate surface area is 154 Å². The Morgan fingerprint density at radius 2 is 2.00 bits per heavy atom. The van der Waals surface area contributed by atoms with Crippen LogP contribution in [0.1, 0.15) is 43.9 Å². The second kappa shape index (κ2) is 7.78. The third-order valence-electron chi connectivity index (χ3n) is 4.71. The van der Waals surface area contributed by atoms with Crippen LogP contribution in [0.2, 0.25) is 0 Å². The van der Waals surface area contributed by atoms with Crippen LogP contribution in [0.5, 0.6) is 0 Å². The number of carbonyl (C=O) groups excluding carboxylic acids is 1. The highest BCUT2D eigenvalue weighted by molar-refractivity contribution is 7.13. The van der Waals surface area contributed by atoms with Crippen molar-refractivity contribution in [3.05, 3.63) is 40.9 Å². The molecule has 0 unspecified atom stereocenters. The summed E-state index contributed by atoms with van der Waals surface area (Å²) in [6.07, 6.45) is 0.0244. The lowest BCUT2D eigenvalue weighted by molar-refractivity contribution is -0.137. The van der Waals surface area contributed by atoms with E-state index in [1.54, 1.807) is 11.4 Å². The Kier molecular flexibility index (Phi) is 5.65. The standard InChI is InChI=1S/C19H21F3N2OS/c1-12-5-7-15(8-6-12)23-17(25)10-16-11-26-18(24-16)13-3-2-4-14(9-13)19(20,21)22/h2-4,9,11-12,15H,5-8,10H2,1H3,(H,23,25). The van der Waals surface area contributed by atoms with Crippen molar-refractivity contribution in [3.63, 3.8) is 0 Å². The first-order valence-electron chi connectivity index (χ1n) is 8.72. The number of amides is 1. The molecule has 0 atom stereocenters. The van der Waals surface area contributed by atoms with Crippen LogP contribution >= 0.6 is 11.3 Å². The summed E-state index contributed by atoms with van der Waals surface area (Å²) in [6, 6.07) is 5.32. The topological polar surface area (TPSA) is 42.0 Å². The molecule has 1 N–H and O–H groups in total. The third-order valence-corrected chi connectivity index (χ3v) is 5.65. The van der Waals surface area contributed by atoms with Gasteiger partial charge in [0.1, 0.15) is 5.01 Å². The molecule has 1 amide bonds. The van der Waals surface area contributed by atoms with Gasteiger partial charge in [-0.05, 0) is 43.7 Å². The van der Waals surface area contributed by atoms with Gasteiger partial charge in [0, 0.05) is 17.0 Å². The van der Waals surface area contributed by atoms with Gasteiger partial charge < -0.3 is 5.32 Å². The number of alkyl halides is 3. The molecule has 1 fully saturated rings. The third kappa shape index (κ3) is 4.84. The Morgan fingerprint density at radius 1 is 1.27 bits per heavy atom. The average molecular weight is 382 g/mol. The Bertz CT molecular complexity index is 764. The minimum absolute atomic E-state index is 0.0783. The van der Waals surface area contributed by atoms with Crippen molar-refractivity contribution in [2.75, 3.05) is 0 Å². The number of aromatic nitrogens is 1. The average Bonchev–Trinajstić information content (AvgIpc) is 3.05. The van der Waals surface area contributed by atoms with Crippen LogP contribution in [0.15, 0.2) is 29.6 Å². The Hall–Kier alpha value is -1.89. The van der Waals surface area contributed by atoms with E-state index in [-0.39, 0.29) is 18.4 Å². The molecular formula is C19H21F3N2OS. The lowest BCUT2D eigenvalue weighted by Gasteiger charge is -2.26. The zero-order valence-electron chi connectivity index (χ0n) is 14.5. The summed E-state index contributed by atoms with van der Waals surface area (Å²) < 4.78 is 38.5. The molecule has 140 valence electrons. The van der Waals surface area contributed by atoms with Crippen LogP contribution < -0.4 is 5.32 Å². The predicted octanol–water partition coefficient (Wildman–Crippen LogP) is 5.07. The van der Waals surface area contributed by atoms with E-state index in [0.717, 1.165) is 43.7 Å². The van der Waals surface area contributed by atoms with Crippen molar-refractivity contribution in [1.82, 2.24) is 10.3 Å². The normalized spacial score (nSPS) is 20.8. The molecule has 3 nitrogen and oxygen atoms in total. The number of halogens is 3. The molecule has 26 heavy (non-hydrogen) atoms. The summed E-state index contributed by atoms with van der Waals surface area (Å²) in [5.41, 5.74) is 0.304. The first-order chi connectivity index (χ1) is 12.3. The number of benzene rings is 1. The maximum Gasteiger partial charge on any atom is 0.416 e. The molecule has 1 aromatic carbocycles. The molecule has 1 aliphatic rings. The molecule has 7 heteroatoms. The van der Waals surface area contributed by atoms with E-state index in [0.29, 0.717) is 16.3 Å².